The third kappa shape index (κ3) is 4.87. The Kier molecular flexibility index (Phi) is 6.97. The quantitative estimate of drug-likeness (QED) is 0.905. The van der Waals surface area contributed by atoms with Crippen LogP contribution in [-0.2, 0) is 6.18 Å². The van der Waals surface area contributed by atoms with Gasteiger partial charge in [-0.25, -0.2) is 0 Å². The van der Waals surface area contributed by atoms with Crippen LogP contribution in [0.4, 0.5) is 13.2 Å². The minimum atomic E-state index is -4.27. The lowest BCUT2D eigenvalue weighted by molar-refractivity contribution is -0.137. The van der Waals surface area contributed by atoms with Crippen LogP contribution in [0, 0.1) is 0 Å². The van der Waals surface area contributed by atoms with Gasteiger partial charge in [-0.2, -0.15) is 13.2 Å². The van der Waals surface area contributed by atoms with E-state index in [0.717, 1.165) is 50.7 Å². The van der Waals surface area contributed by atoms with E-state index in [2.05, 4.69) is 17.1 Å². The second-order valence-corrected chi connectivity index (χ2v) is 5.21. The zero-order valence-electron chi connectivity index (χ0n) is 12.1. The molecule has 1 N–H and O–H groups in total. The Morgan fingerprint density at radius 1 is 1.24 bits per heavy atom. The summed E-state index contributed by atoms with van der Waals surface area (Å²) in [5.41, 5.74) is 0.231. The summed E-state index contributed by atoms with van der Waals surface area (Å²) in [6, 6.07) is 5.87. The smallest absolute Gasteiger partial charge is 0.314 e. The van der Waals surface area contributed by atoms with Crippen LogP contribution in [0.15, 0.2) is 24.3 Å². The van der Waals surface area contributed by atoms with Crippen LogP contribution in [-0.4, -0.2) is 31.1 Å². The summed E-state index contributed by atoms with van der Waals surface area (Å²) in [7, 11) is 0. The topological polar surface area (TPSA) is 15.3 Å². The highest BCUT2D eigenvalue weighted by atomic mass is 35.5. The van der Waals surface area contributed by atoms with Crippen molar-refractivity contribution in [3.8, 4) is 0 Å². The number of piperazine rings is 1. The molecule has 0 bridgehead atoms. The molecule has 2 nitrogen and oxygen atoms in total. The van der Waals surface area contributed by atoms with Crippen molar-refractivity contribution in [3.05, 3.63) is 35.4 Å². The molecule has 0 spiro atoms. The zero-order chi connectivity index (χ0) is 14.6. The Hall–Kier alpha value is -0.780. The van der Waals surface area contributed by atoms with Gasteiger partial charge in [-0.3, -0.25) is 4.90 Å². The molecular formula is C15H22ClF3N2. The van der Waals surface area contributed by atoms with Crippen molar-refractivity contribution in [1.82, 2.24) is 10.2 Å². The molecule has 1 aromatic rings. The van der Waals surface area contributed by atoms with Crippen LogP contribution < -0.4 is 5.32 Å². The molecular weight excluding hydrogens is 301 g/mol. The molecule has 6 heteroatoms. The van der Waals surface area contributed by atoms with Crippen molar-refractivity contribution in [2.75, 3.05) is 26.2 Å². The van der Waals surface area contributed by atoms with Gasteiger partial charge >= 0.3 is 6.18 Å². The van der Waals surface area contributed by atoms with Crippen LogP contribution in [0.1, 0.15) is 36.9 Å². The van der Waals surface area contributed by atoms with E-state index in [-0.39, 0.29) is 18.4 Å². The molecule has 21 heavy (non-hydrogen) atoms. The number of nitrogens with one attached hydrogen (secondary N) is 1. The lowest BCUT2D eigenvalue weighted by Crippen LogP contribution is -2.45. The second kappa shape index (κ2) is 8.01. The Balaban J connectivity index is 0.00000220. The van der Waals surface area contributed by atoms with E-state index in [9.17, 15) is 13.2 Å². The molecule has 1 fully saturated rings. The van der Waals surface area contributed by atoms with Gasteiger partial charge in [-0.15, -0.1) is 12.4 Å². The maximum absolute atomic E-state index is 12.8. The number of halogens is 4. The maximum Gasteiger partial charge on any atom is 0.416 e. The van der Waals surface area contributed by atoms with Crippen molar-refractivity contribution in [1.29, 1.82) is 0 Å². The average Bonchev–Trinajstić information content (AvgIpc) is 2.45. The first-order valence-corrected chi connectivity index (χ1v) is 7.14. The van der Waals surface area contributed by atoms with Gasteiger partial charge in [-0.05, 0) is 24.1 Å². The Bertz CT molecular complexity index is 431. The minimum Gasteiger partial charge on any atom is -0.314 e. The van der Waals surface area contributed by atoms with E-state index >= 15 is 0 Å². The molecule has 0 amide bonds. The number of rotatable bonds is 4. The van der Waals surface area contributed by atoms with E-state index in [4.69, 9.17) is 0 Å². The van der Waals surface area contributed by atoms with Crippen molar-refractivity contribution in [2.24, 2.45) is 0 Å². The average molecular weight is 323 g/mol. The molecule has 2 rings (SSSR count). The molecule has 1 aromatic carbocycles. The lowest BCUT2D eigenvalue weighted by Gasteiger charge is -2.35. The molecule has 1 heterocycles. The van der Waals surface area contributed by atoms with Crippen LogP contribution in [0.3, 0.4) is 0 Å². The molecule has 120 valence electrons. The molecule has 1 saturated heterocycles. The van der Waals surface area contributed by atoms with Gasteiger partial charge in [0.05, 0.1) is 5.56 Å². The number of benzene rings is 1. The van der Waals surface area contributed by atoms with E-state index in [1.165, 1.54) is 12.1 Å². The molecule has 0 aromatic heterocycles. The van der Waals surface area contributed by atoms with Crippen LogP contribution in [0.25, 0.3) is 0 Å². The highest BCUT2D eigenvalue weighted by Gasteiger charge is 2.31. The first kappa shape index (κ1) is 18.3. The van der Waals surface area contributed by atoms with Gasteiger partial charge in [-0.1, -0.05) is 25.5 Å². The van der Waals surface area contributed by atoms with Crippen LogP contribution in [0.5, 0.6) is 0 Å². The molecule has 1 aliphatic rings. The van der Waals surface area contributed by atoms with Crippen LogP contribution in [0.2, 0.25) is 0 Å². The largest absolute Gasteiger partial charge is 0.416 e. The predicted molar refractivity (Wildman–Crippen MR) is 80.8 cm³/mol. The zero-order valence-corrected chi connectivity index (χ0v) is 12.9. The van der Waals surface area contributed by atoms with E-state index in [1.54, 1.807) is 0 Å². The molecule has 1 atom stereocenters. The number of nitrogens with zero attached hydrogens (tertiary/aromatic N) is 1. The van der Waals surface area contributed by atoms with Gasteiger partial charge in [0, 0.05) is 32.2 Å². The van der Waals surface area contributed by atoms with Gasteiger partial charge in [0.25, 0.3) is 0 Å². The van der Waals surface area contributed by atoms with Crippen molar-refractivity contribution in [3.63, 3.8) is 0 Å². The highest BCUT2D eigenvalue weighted by molar-refractivity contribution is 5.85. The standard InChI is InChI=1S/C15H21F3N2.ClH/c1-2-4-14(20-9-7-19-8-10-20)12-5-3-6-13(11-12)15(16,17)18;/h3,5-6,11,14,19H,2,4,7-10H2,1H3;1H/t14-;/m0./s1. The van der Waals surface area contributed by atoms with E-state index < -0.39 is 11.7 Å². The highest BCUT2D eigenvalue weighted by Crippen LogP contribution is 2.33. The third-order valence-electron chi connectivity index (χ3n) is 3.75. The molecule has 1 aliphatic heterocycles. The first-order chi connectivity index (χ1) is 9.52. The fourth-order valence-electron chi connectivity index (χ4n) is 2.75. The van der Waals surface area contributed by atoms with Crippen molar-refractivity contribution < 1.29 is 13.2 Å². The summed E-state index contributed by atoms with van der Waals surface area (Å²) >= 11 is 0. The van der Waals surface area contributed by atoms with Crippen molar-refractivity contribution >= 4 is 12.4 Å². The predicted octanol–water partition coefficient (Wildman–Crippen LogP) is 3.87. The Morgan fingerprint density at radius 2 is 1.90 bits per heavy atom. The fourth-order valence-corrected chi connectivity index (χ4v) is 2.75. The lowest BCUT2D eigenvalue weighted by atomic mass is 9.98. The normalized spacial score (nSPS) is 18.1. The minimum absolute atomic E-state index is 0. The Morgan fingerprint density at radius 3 is 2.48 bits per heavy atom. The fraction of sp³-hybridized carbons (Fsp3) is 0.600. The molecule has 0 aliphatic carbocycles. The summed E-state index contributed by atoms with van der Waals surface area (Å²) in [5.74, 6) is 0. The SMILES string of the molecule is CCC[C@@H](c1cccc(C(F)(F)F)c1)N1CCNCC1.Cl. The van der Waals surface area contributed by atoms with E-state index in [0.29, 0.717) is 0 Å². The first-order valence-electron chi connectivity index (χ1n) is 7.14. The summed E-state index contributed by atoms with van der Waals surface area (Å²) in [5, 5.41) is 3.28. The van der Waals surface area contributed by atoms with Gasteiger partial charge in [0.2, 0.25) is 0 Å². The van der Waals surface area contributed by atoms with E-state index in [1.807, 2.05) is 6.07 Å². The third-order valence-corrected chi connectivity index (χ3v) is 3.75. The summed E-state index contributed by atoms with van der Waals surface area (Å²) < 4.78 is 38.5. The summed E-state index contributed by atoms with van der Waals surface area (Å²) in [6.07, 6.45) is -2.41. The van der Waals surface area contributed by atoms with Gasteiger partial charge in [0.15, 0.2) is 0 Å². The number of alkyl halides is 3. The molecule has 0 saturated carbocycles. The second-order valence-electron chi connectivity index (χ2n) is 5.21. The van der Waals surface area contributed by atoms with Crippen molar-refractivity contribution in [2.45, 2.75) is 32.0 Å². The Labute approximate surface area is 130 Å². The molecule has 0 radical (unpaired) electrons. The summed E-state index contributed by atoms with van der Waals surface area (Å²) in [4.78, 5) is 2.29. The number of hydrogen-bond donors (Lipinski definition) is 1. The summed E-state index contributed by atoms with van der Waals surface area (Å²) in [6.45, 7) is 5.66. The van der Waals surface area contributed by atoms with Gasteiger partial charge in [0.1, 0.15) is 0 Å². The maximum atomic E-state index is 12.8. The van der Waals surface area contributed by atoms with Gasteiger partial charge < -0.3 is 5.32 Å². The van der Waals surface area contributed by atoms with Crippen LogP contribution >= 0.6 is 12.4 Å². The molecule has 0 unspecified atom stereocenters. The number of hydrogen-bond acceptors (Lipinski definition) is 2. The monoisotopic (exact) mass is 322 g/mol.